The number of esters is 1. The smallest absolute Gasteiger partial charge is 0.338 e. The van der Waals surface area contributed by atoms with E-state index in [0.717, 1.165) is 0 Å². The highest BCUT2D eigenvalue weighted by Gasteiger charge is 2.36. The summed E-state index contributed by atoms with van der Waals surface area (Å²) in [6.07, 6.45) is 3.88. The van der Waals surface area contributed by atoms with E-state index in [1.807, 2.05) is 0 Å². The predicted octanol–water partition coefficient (Wildman–Crippen LogP) is 6.45. The first-order valence-corrected chi connectivity index (χ1v) is 11.3. The minimum absolute atomic E-state index is 0.00156. The molecule has 0 fully saturated rings. The van der Waals surface area contributed by atoms with Gasteiger partial charge in [-0.25, -0.2) is 4.79 Å². The predicted molar refractivity (Wildman–Crippen MR) is 124 cm³/mol. The molecule has 0 aromatic heterocycles. The molecule has 0 radical (unpaired) electrons. The highest BCUT2D eigenvalue weighted by atomic mass is 32.2. The van der Waals surface area contributed by atoms with Crippen molar-refractivity contribution in [3.8, 4) is 0 Å². The Balaban J connectivity index is 1.68. The molecule has 0 saturated carbocycles. The van der Waals surface area contributed by atoms with Crippen LogP contribution in [-0.2, 0) is 21.3 Å². The average molecular weight is 423 g/mol. The number of fused-ring (bicyclic) bond motifs is 1. The summed E-state index contributed by atoms with van der Waals surface area (Å²) >= 11 is 1.29. The number of carbonyl (C=O) groups excluding carboxylic acids is 2. The van der Waals surface area contributed by atoms with Crippen LogP contribution in [0.2, 0.25) is 0 Å². The molecule has 0 unspecified atom stereocenters. The molecule has 2 aromatic carbocycles. The van der Waals surface area contributed by atoms with Gasteiger partial charge in [0.2, 0.25) is 5.12 Å². The van der Waals surface area contributed by atoms with Gasteiger partial charge in [-0.3, -0.25) is 4.79 Å². The third kappa shape index (κ3) is 4.86. The van der Waals surface area contributed by atoms with Gasteiger partial charge in [0.1, 0.15) is 6.61 Å². The van der Waals surface area contributed by atoms with Gasteiger partial charge in [0.15, 0.2) is 0 Å². The standard InChI is InChI=1S/C26H30O3S/c1-6-15-29-23(27)19-8-10-20(11-9-19)24(28)30-17-18-7-12-21-22(16-18)26(4,5)14-13-25(21,2)3/h6-12,16H,1,13-15,17H2,2-5H3. The van der Waals surface area contributed by atoms with Gasteiger partial charge in [-0.05, 0) is 64.6 Å². The van der Waals surface area contributed by atoms with Crippen molar-refractivity contribution in [3.05, 3.63) is 82.9 Å². The lowest BCUT2D eigenvalue weighted by Gasteiger charge is -2.42. The highest BCUT2D eigenvalue weighted by molar-refractivity contribution is 8.13. The molecule has 158 valence electrons. The van der Waals surface area contributed by atoms with Crippen LogP contribution in [0.15, 0.2) is 55.1 Å². The Morgan fingerprint density at radius 1 is 0.967 bits per heavy atom. The van der Waals surface area contributed by atoms with Gasteiger partial charge in [0, 0.05) is 11.3 Å². The van der Waals surface area contributed by atoms with Crippen LogP contribution >= 0.6 is 11.8 Å². The lowest BCUT2D eigenvalue weighted by atomic mass is 9.63. The fraction of sp³-hybridized carbons (Fsp3) is 0.385. The van der Waals surface area contributed by atoms with Crippen LogP contribution in [0.25, 0.3) is 0 Å². The Morgan fingerprint density at radius 2 is 1.57 bits per heavy atom. The van der Waals surface area contributed by atoms with Crippen molar-refractivity contribution in [1.82, 2.24) is 0 Å². The van der Waals surface area contributed by atoms with E-state index < -0.39 is 5.97 Å². The number of benzene rings is 2. The molecule has 30 heavy (non-hydrogen) atoms. The summed E-state index contributed by atoms with van der Waals surface area (Å²) in [5, 5.41) is -0.00156. The molecule has 0 amide bonds. The van der Waals surface area contributed by atoms with Gasteiger partial charge in [0.05, 0.1) is 5.56 Å². The van der Waals surface area contributed by atoms with Crippen LogP contribution in [0.3, 0.4) is 0 Å². The summed E-state index contributed by atoms with van der Waals surface area (Å²) in [5.41, 5.74) is 5.37. The number of ether oxygens (including phenoxy) is 1. The van der Waals surface area contributed by atoms with Crippen molar-refractivity contribution in [3.63, 3.8) is 0 Å². The van der Waals surface area contributed by atoms with Crippen molar-refractivity contribution in [2.75, 3.05) is 6.61 Å². The van der Waals surface area contributed by atoms with Crippen LogP contribution in [0.5, 0.6) is 0 Å². The first kappa shape index (κ1) is 22.4. The highest BCUT2D eigenvalue weighted by Crippen LogP contribution is 2.46. The van der Waals surface area contributed by atoms with E-state index in [1.54, 1.807) is 24.3 Å². The minimum atomic E-state index is -0.416. The molecule has 1 aliphatic carbocycles. The number of hydrogen-bond acceptors (Lipinski definition) is 4. The molecule has 3 nitrogen and oxygen atoms in total. The molecule has 0 spiro atoms. The minimum Gasteiger partial charge on any atom is -0.458 e. The van der Waals surface area contributed by atoms with E-state index in [0.29, 0.717) is 16.9 Å². The number of rotatable bonds is 6. The molecule has 0 bridgehead atoms. The van der Waals surface area contributed by atoms with Crippen LogP contribution in [0.1, 0.15) is 77.9 Å². The Bertz CT molecular complexity index is 955. The number of thioether (sulfide) groups is 1. The van der Waals surface area contributed by atoms with Gasteiger partial charge >= 0.3 is 5.97 Å². The van der Waals surface area contributed by atoms with E-state index in [-0.39, 0.29) is 22.6 Å². The van der Waals surface area contributed by atoms with E-state index >= 15 is 0 Å². The topological polar surface area (TPSA) is 43.4 Å². The molecule has 0 heterocycles. The molecule has 0 saturated heterocycles. The zero-order valence-corrected chi connectivity index (χ0v) is 19.1. The van der Waals surface area contributed by atoms with Gasteiger partial charge in [-0.1, -0.05) is 70.3 Å². The maximum absolute atomic E-state index is 12.6. The molecule has 1 aliphatic rings. The van der Waals surface area contributed by atoms with E-state index in [4.69, 9.17) is 4.74 Å². The summed E-state index contributed by atoms with van der Waals surface area (Å²) < 4.78 is 5.01. The monoisotopic (exact) mass is 422 g/mol. The summed E-state index contributed by atoms with van der Waals surface area (Å²) in [6.45, 7) is 12.9. The largest absolute Gasteiger partial charge is 0.458 e. The van der Waals surface area contributed by atoms with Crippen LogP contribution in [-0.4, -0.2) is 17.7 Å². The fourth-order valence-corrected chi connectivity index (χ4v) is 4.70. The molecule has 2 aromatic rings. The molecule has 3 rings (SSSR count). The van der Waals surface area contributed by atoms with Gasteiger partial charge < -0.3 is 4.74 Å². The maximum atomic E-state index is 12.6. The van der Waals surface area contributed by atoms with Gasteiger partial charge in [0.25, 0.3) is 0 Å². The quantitative estimate of drug-likeness (QED) is 0.396. The number of carbonyl (C=O) groups is 2. The zero-order valence-electron chi connectivity index (χ0n) is 18.3. The van der Waals surface area contributed by atoms with Crippen LogP contribution in [0.4, 0.5) is 0 Å². The average Bonchev–Trinajstić information content (AvgIpc) is 2.73. The maximum Gasteiger partial charge on any atom is 0.338 e. The Morgan fingerprint density at radius 3 is 2.20 bits per heavy atom. The second kappa shape index (κ2) is 8.81. The van der Waals surface area contributed by atoms with Crippen molar-refractivity contribution < 1.29 is 14.3 Å². The van der Waals surface area contributed by atoms with Crippen molar-refractivity contribution in [1.29, 1.82) is 0 Å². The molecule has 0 N–H and O–H groups in total. The Labute approximate surface area is 183 Å². The zero-order chi connectivity index (χ0) is 21.9. The molecule has 4 heteroatoms. The summed E-state index contributed by atoms with van der Waals surface area (Å²) in [4.78, 5) is 24.5. The molecule has 0 aliphatic heterocycles. The normalized spacial score (nSPS) is 16.4. The molecular weight excluding hydrogens is 392 g/mol. The fourth-order valence-electron chi connectivity index (χ4n) is 3.92. The summed E-state index contributed by atoms with van der Waals surface area (Å²) in [6, 6.07) is 13.3. The van der Waals surface area contributed by atoms with Crippen molar-refractivity contribution in [2.24, 2.45) is 0 Å². The summed E-state index contributed by atoms with van der Waals surface area (Å²) in [5.74, 6) is 0.215. The van der Waals surface area contributed by atoms with Crippen molar-refractivity contribution in [2.45, 2.75) is 57.1 Å². The SMILES string of the molecule is C=CCOC(=O)c1ccc(C(=O)SCc2ccc3c(c2)C(C)(C)CCC3(C)C)cc1. The third-order valence-corrected chi connectivity index (χ3v) is 6.95. The second-order valence-electron chi connectivity index (χ2n) is 9.19. The van der Waals surface area contributed by atoms with Gasteiger partial charge in [-0.2, -0.15) is 0 Å². The lowest BCUT2D eigenvalue weighted by molar-refractivity contribution is 0.0549. The van der Waals surface area contributed by atoms with Gasteiger partial charge in [-0.15, -0.1) is 0 Å². The first-order chi connectivity index (χ1) is 14.1. The summed E-state index contributed by atoms with van der Waals surface area (Å²) in [7, 11) is 0. The van der Waals surface area contributed by atoms with E-state index in [2.05, 4.69) is 52.5 Å². The third-order valence-electron chi connectivity index (χ3n) is 5.98. The van der Waals surface area contributed by atoms with Crippen LogP contribution in [0, 0.1) is 0 Å². The first-order valence-electron chi connectivity index (χ1n) is 10.3. The molecular formula is C26H30O3S. The van der Waals surface area contributed by atoms with E-state index in [9.17, 15) is 9.59 Å². The van der Waals surface area contributed by atoms with Crippen molar-refractivity contribution >= 4 is 22.8 Å². The Hall–Kier alpha value is -2.33. The lowest BCUT2D eigenvalue weighted by Crippen LogP contribution is -2.33. The Kier molecular flexibility index (Phi) is 6.56. The number of hydrogen-bond donors (Lipinski definition) is 0. The van der Waals surface area contributed by atoms with Crippen LogP contribution < -0.4 is 0 Å². The molecule has 0 atom stereocenters. The second-order valence-corrected chi connectivity index (χ2v) is 10.1. The van der Waals surface area contributed by atoms with E-state index in [1.165, 1.54) is 47.4 Å².